The molecule has 0 saturated heterocycles. The number of allylic oxidation sites excluding steroid dienone is 1. The second-order valence-corrected chi connectivity index (χ2v) is 6.28. The standard InChI is InChI=1S/C17H19N5OS/c23-10-12-24-11-9-20-16-13-3-1-2-4-14(13)21-17(22-16)15-5-6-18-7-8-19-15/h1-6,8,23H,7,9-12H2,(H,20,21,22). The van der Waals surface area contributed by atoms with Crippen LogP contribution < -0.4 is 5.32 Å². The van der Waals surface area contributed by atoms with Crippen molar-refractivity contribution < 1.29 is 5.11 Å². The molecule has 0 aliphatic carbocycles. The van der Waals surface area contributed by atoms with E-state index in [0.717, 1.165) is 34.8 Å². The van der Waals surface area contributed by atoms with Crippen molar-refractivity contribution in [2.75, 3.05) is 36.5 Å². The molecule has 0 radical (unpaired) electrons. The number of aliphatic imine (C=N–C) groups is 2. The van der Waals surface area contributed by atoms with Crippen LogP contribution in [-0.4, -0.2) is 58.7 Å². The first-order valence-electron chi connectivity index (χ1n) is 7.81. The number of aliphatic hydroxyl groups excluding tert-OH is 1. The third-order valence-corrected chi connectivity index (χ3v) is 4.33. The number of benzene rings is 1. The van der Waals surface area contributed by atoms with E-state index in [1.807, 2.05) is 30.3 Å². The predicted octanol–water partition coefficient (Wildman–Crippen LogP) is 2.26. The molecule has 6 nitrogen and oxygen atoms in total. The third-order valence-electron chi connectivity index (χ3n) is 3.36. The van der Waals surface area contributed by atoms with Gasteiger partial charge in [0.15, 0.2) is 5.82 Å². The molecule has 0 amide bonds. The average Bonchev–Trinajstić information content (AvgIpc) is 2.90. The van der Waals surface area contributed by atoms with Crippen LogP contribution in [0.2, 0.25) is 0 Å². The van der Waals surface area contributed by atoms with Gasteiger partial charge in [-0.05, 0) is 18.2 Å². The molecular weight excluding hydrogens is 322 g/mol. The maximum absolute atomic E-state index is 8.84. The number of hydrogen-bond donors (Lipinski definition) is 2. The van der Waals surface area contributed by atoms with Crippen molar-refractivity contribution >= 4 is 46.6 Å². The molecule has 0 spiro atoms. The van der Waals surface area contributed by atoms with E-state index in [4.69, 9.17) is 5.11 Å². The fourth-order valence-electron chi connectivity index (χ4n) is 2.28. The number of rotatable bonds is 7. The lowest BCUT2D eigenvalue weighted by atomic mass is 10.2. The Morgan fingerprint density at radius 3 is 3.00 bits per heavy atom. The first-order chi connectivity index (χ1) is 11.9. The van der Waals surface area contributed by atoms with Crippen molar-refractivity contribution in [2.24, 2.45) is 9.98 Å². The summed E-state index contributed by atoms with van der Waals surface area (Å²) in [6.45, 7) is 1.55. The SMILES string of the molecule is OCCSCCNc1nc(C2=CC=NCC=N2)nc2ccccc12. The summed E-state index contributed by atoms with van der Waals surface area (Å²) in [5.74, 6) is 3.04. The van der Waals surface area contributed by atoms with Crippen molar-refractivity contribution in [3.63, 3.8) is 0 Å². The van der Waals surface area contributed by atoms with E-state index < -0.39 is 0 Å². The Bertz CT molecular complexity index is 788. The molecule has 1 aromatic carbocycles. The molecule has 0 saturated carbocycles. The topological polar surface area (TPSA) is 82.8 Å². The summed E-state index contributed by atoms with van der Waals surface area (Å²) >= 11 is 1.70. The van der Waals surface area contributed by atoms with Crippen LogP contribution in [0.15, 0.2) is 40.3 Å². The van der Waals surface area contributed by atoms with Gasteiger partial charge in [-0.25, -0.2) is 9.97 Å². The molecule has 24 heavy (non-hydrogen) atoms. The molecule has 0 bridgehead atoms. The summed E-state index contributed by atoms with van der Waals surface area (Å²) in [6, 6.07) is 7.93. The number of thioether (sulfide) groups is 1. The maximum Gasteiger partial charge on any atom is 0.180 e. The van der Waals surface area contributed by atoms with Gasteiger partial charge in [-0.1, -0.05) is 12.1 Å². The van der Waals surface area contributed by atoms with Gasteiger partial charge in [0.2, 0.25) is 0 Å². The molecule has 1 aliphatic rings. The summed E-state index contributed by atoms with van der Waals surface area (Å²) in [5, 5.41) is 13.2. The molecule has 7 heteroatoms. The van der Waals surface area contributed by atoms with E-state index in [1.54, 1.807) is 24.2 Å². The molecule has 2 aromatic rings. The van der Waals surface area contributed by atoms with E-state index in [0.29, 0.717) is 18.1 Å². The van der Waals surface area contributed by atoms with Gasteiger partial charge in [0.1, 0.15) is 11.5 Å². The number of nitrogens with one attached hydrogen (secondary N) is 1. The van der Waals surface area contributed by atoms with E-state index in [2.05, 4.69) is 25.3 Å². The van der Waals surface area contributed by atoms with Crippen LogP contribution in [0.5, 0.6) is 0 Å². The number of aliphatic hydroxyl groups is 1. The molecule has 1 aliphatic heterocycles. The van der Waals surface area contributed by atoms with Crippen molar-refractivity contribution in [3.8, 4) is 0 Å². The van der Waals surface area contributed by atoms with Crippen molar-refractivity contribution in [1.29, 1.82) is 0 Å². The summed E-state index contributed by atoms with van der Waals surface area (Å²) in [7, 11) is 0. The van der Waals surface area contributed by atoms with Gasteiger partial charge in [-0.15, -0.1) is 0 Å². The Morgan fingerprint density at radius 1 is 1.17 bits per heavy atom. The Balaban J connectivity index is 1.88. The second kappa shape index (κ2) is 8.56. The first kappa shape index (κ1) is 16.6. The highest BCUT2D eigenvalue weighted by molar-refractivity contribution is 7.99. The smallest absolute Gasteiger partial charge is 0.180 e. The molecule has 0 atom stereocenters. The molecule has 0 fully saturated rings. The molecule has 2 N–H and O–H groups in total. The second-order valence-electron chi connectivity index (χ2n) is 5.05. The Morgan fingerprint density at radius 2 is 2.08 bits per heavy atom. The zero-order valence-corrected chi connectivity index (χ0v) is 14.0. The van der Waals surface area contributed by atoms with E-state index >= 15 is 0 Å². The average molecular weight is 341 g/mol. The lowest BCUT2D eigenvalue weighted by molar-refractivity contribution is 0.322. The van der Waals surface area contributed by atoms with Crippen LogP contribution in [-0.2, 0) is 0 Å². The van der Waals surface area contributed by atoms with Crippen LogP contribution >= 0.6 is 11.8 Å². The van der Waals surface area contributed by atoms with Gasteiger partial charge < -0.3 is 10.4 Å². The summed E-state index contributed by atoms with van der Waals surface area (Å²) in [6.07, 6.45) is 5.32. The van der Waals surface area contributed by atoms with Crippen LogP contribution in [0.3, 0.4) is 0 Å². The molecule has 3 rings (SSSR count). The quantitative estimate of drug-likeness (QED) is 0.755. The lowest BCUT2D eigenvalue weighted by Gasteiger charge is -2.10. The fraction of sp³-hybridized carbons (Fsp3) is 0.294. The minimum atomic E-state index is 0.207. The summed E-state index contributed by atoms with van der Waals surface area (Å²) < 4.78 is 0. The van der Waals surface area contributed by atoms with Crippen molar-refractivity contribution in [1.82, 2.24) is 9.97 Å². The highest BCUT2D eigenvalue weighted by atomic mass is 32.2. The lowest BCUT2D eigenvalue weighted by Crippen LogP contribution is -2.09. The molecule has 124 valence electrons. The normalized spacial score (nSPS) is 13.8. The number of anilines is 1. The zero-order valence-electron chi connectivity index (χ0n) is 13.2. The van der Waals surface area contributed by atoms with Gasteiger partial charge >= 0.3 is 0 Å². The maximum atomic E-state index is 8.84. The highest BCUT2D eigenvalue weighted by Gasteiger charge is 2.10. The Kier molecular flexibility index (Phi) is 5.92. The molecule has 2 heterocycles. The van der Waals surface area contributed by atoms with Crippen molar-refractivity contribution in [2.45, 2.75) is 0 Å². The highest BCUT2D eigenvalue weighted by Crippen LogP contribution is 2.23. The Hall–Kier alpha value is -2.25. The van der Waals surface area contributed by atoms with Gasteiger partial charge in [0.05, 0.1) is 18.7 Å². The number of fused-ring (bicyclic) bond motifs is 1. The minimum absolute atomic E-state index is 0.207. The van der Waals surface area contributed by atoms with Crippen LogP contribution in [0.25, 0.3) is 16.6 Å². The zero-order chi connectivity index (χ0) is 16.6. The van der Waals surface area contributed by atoms with Crippen LogP contribution in [0.1, 0.15) is 5.82 Å². The van der Waals surface area contributed by atoms with Crippen molar-refractivity contribution in [3.05, 3.63) is 36.2 Å². The van der Waals surface area contributed by atoms with Gasteiger partial charge in [0, 0.05) is 35.9 Å². The molecule has 1 aromatic heterocycles. The van der Waals surface area contributed by atoms with Crippen LogP contribution in [0.4, 0.5) is 5.82 Å². The molecular formula is C17H19N5OS. The summed E-state index contributed by atoms with van der Waals surface area (Å²) in [4.78, 5) is 17.8. The largest absolute Gasteiger partial charge is 0.396 e. The number of hydrogen-bond acceptors (Lipinski definition) is 7. The van der Waals surface area contributed by atoms with Gasteiger partial charge in [-0.3, -0.25) is 9.98 Å². The third kappa shape index (κ3) is 4.18. The Labute approximate surface area is 144 Å². The number of aromatic nitrogens is 2. The fourth-order valence-corrected chi connectivity index (χ4v) is 2.86. The number of nitrogens with zero attached hydrogens (tertiary/aromatic N) is 4. The van der Waals surface area contributed by atoms with Gasteiger partial charge in [0.25, 0.3) is 0 Å². The van der Waals surface area contributed by atoms with E-state index in [1.165, 1.54) is 0 Å². The first-order valence-corrected chi connectivity index (χ1v) is 8.96. The molecule has 0 unspecified atom stereocenters. The van der Waals surface area contributed by atoms with E-state index in [9.17, 15) is 0 Å². The minimum Gasteiger partial charge on any atom is -0.396 e. The summed E-state index contributed by atoms with van der Waals surface area (Å²) in [5.41, 5.74) is 1.59. The van der Waals surface area contributed by atoms with Crippen LogP contribution in [0, 0.1) is 0 Å². The monoisotopic (exact) mass is 341 g/mol. The van der Waals surface area contributed by atoms with E-state index in [-0.39, 0.29) is 6.61 Å². The predicted molar refractivity (Wildman–Crippen MR) is 102 cm³/mol. The van der Waals surface area contributed by atoms with Gasteiger partial charge in [-0.2, -0.15) is 11.8 Å². The number of para-hydroxylation sites is 1.